The summed E-state index contributed by atoms with van der Waals surface area (Å²) in [7, 11) is 16.0. The van der Waals surface area contributed by atoms with E-state index in [2.05, 4.69) is 222 Å². The van der Waals surface area contributed by atoms with Crippen molar-refractivity contribution in [3.05, 3.63) is 260 Å². The number of ether oxygens (including phenoxy) is 3. The third kappa shape index (κ3) is 22.0. The third-order valence-corrected chi connectivity index (χ3v) is 25.1. The Bertz CT molecular complexity index is 5970. The number of amides is 4. The summed E-state index contributed by atoms with van der Waals surface area (Å²) in [6, 6.07) is 50.1. The van der Waals surface area contributed by atoms with Crippen LogP contribution in [0.2, 0.25) is 0 Å². The van der Waals surface area contributed by atoms with Gasteiger partial charge in [-0.2, -0.15) is 0 Å². The predicted octanol–water partition coefficient (Wildman–Crippen LogP) is 20.5. The average Bonchev–Trinajstić information content (AvgIpc) is 1.23. The smallest absolute Gasteiger partial charge is 0.0120 e. The SMILES string of the molecule is Brc1ccc2c3c(ccc(Br)c13)CC2.CCOc1ccc2c3c(ccc(OCC)c13)C(=O)N(CCN(C)C)C2=O.CN(C)CCN.CN(C)CCN1C(=O)c2ccc(Br)c3c(Br)ccc(c23)C1=O.O=C1C(=O)c2ccc(Br)c3c(Br)ccc1c23.O=C1OC(=O)c2ccc(Br)c3c(Br)ccc1c23.OO.[B]=NS.[O]=[Cr](=[O])=[O].c1cc2c3c(cccc3c1)CC2. The molecule has 18 rings (SSSR count). The molecule has 3 heterocycles. The summed E-state index contributed by atoms with van der Waals surface area (Å²) in [6.45, 7) is 8.51. The molecule has 0 aromatic heterocycles. The van der Waals surface area contributed by atoms with Crippen molar-refractivity contribution in [3.63, 3.8) is 0 Å². The Morgan fingerprint density at radius 1 is 0.393 bits per heavy atom. The molecule has 0 atom stereocenters. The molecule has 34 heteroatoms. The number of thiol groups is 1. The molecule has 3 aliphatic heterocycles. The summed E-state index contributed by atoms with van der Waals surface area (Å²) in [5.74, 6) is -1.77. The van der Waals surface area contributed by atoms with Crippen molar-refractivity contribution >= 4 is 260 Å². The van der Waals surface area contributed by atoms with Crippen molar-refractivity contribution < 1.29 is 88.4 Å². The molecule has 122 heavy (non-hydrogen) atoms. The molecule has 3 aliphatic carbocycles. The predicted molar refractivity (Wildman–Crippen MR) is 501 cm³/mol. The maximum Gasteiger partial charge on any atom is -0.0120 e. The minimum atomic E-state index is -3.79. The topological polar surface area (TPSA) is 310 Å². The van der Waals surface area contributed by atoms with E-state index in [1.807, 2.05) is 78.1 Å². The molecule has 1 radical (unpaired) electrons. The maximum absolute atomic E-state index is 13.0. The van der Waals surface area contributed by atoms with Gasteiger partial charge in [0.15, 0.2) is 0 Å². The standard InChI is InChI=1S/C20H24N2O4.C16H14Br2N2O2.C12H4Br2O3.C12H4Br2O2.C12H8Br2.C12H10.C4H12N2.BHNS.Cr.H2O2.3O/c1-5-25-15-9-7-13-17-14(8-10-16(18(15)17)26-6-2)20(24)22(19(13)23)12-11-21(3)4;1-19(2)7-8-20-15(21)9-3-5-11(17)14-12(18)6-4-10(13(9)14)16(20)22;13-7-3-1-5-9-6(12(16)17-11(5)15)2-4-8(14)10(7)9;13-7-3-1-5-9-6(12(16)11(5)15)2-4-8(14)10(7)9;13-9-5-3-7-1-2-8-4-6-10(14)12(9)11(7)8;1-3-9-4-2-6-11-8-7-10(5-1)12(9)11;1-6(2)4-3-5;1-2-3;;1-2;;;/h7-10H,5-6,11-12H2,1-4H3;3-6H,7-8H2,1-2H3;1-4H;1-4H;3-6H,1-2H2;1-6H,7-8H2;3-5H2,1-2H3;3H;;1-2H;;;. The van der Waals surface area contributed by atoms with E-state index >= 15 is 0 Å². The third-order valence-electron chi connectivity index (χ3n) is 19.8. The maximum atomic E-state index is 13.0. The molecular formula is C88H79BBr8CrN7O16S. The van der Waals surface area contributed by atoms with Gasteiger partial charge < -0.3 is 34.6 Å². The van der Waals surface area contributed by atoms with Gasteiger partial charge in [-0.15, -0.1) is 0 Å². The molecule has 12 aromatic carbocycles. The number of rotatable bonds is 12. The van der Waals surface area contributed by atoms with Crippen LogP contribution in [0.4, 0.5) is 0 Å². The molecule has 23 nitrogen and oxygen atoms in total. The molecule has 0 fully saturated rings. The first-order valence-corrected chi connectivity index (χ1v) is 45.7. The molecule has 0 saturated carbocycles. The van der Waals surface area contributed by atoms with Gasteiger partial charge in [-0.1, -0.05) is 176 Å². The van der Waals surface area contributed by atoms with E-state index in [1.54, 1.807) is 84.9 Å². The normalized spacial score (nSPS) is 13.1. The van der Waals surface area contributed by atoms with Gasteiger partial charge in [-0.05, 0) is 229 Å². The Morgan fingerprint density at radius 3 is 0.959 bits per heavy atom. The van der Waals surface area contributed by atoms with Gasteiger partial charge in [0, 0.05) is 152 Å². The van der Waals surface area contributed by atoms with Crippen molar-refractivity contribution in [3.8, 4) is 11.5 Å². The molecule has 0 spiro atoms. The molecule has 12 aromatic rings. The van der Waals surface area contributed by atoms with Crippen LogP contribution >= 0.6 is 140 Å². The van der Waals surface area contributed by atoms with Gasteiger partial charge in [0.25, 0.3) is 23.6 Å². The van der Waals surface area contributed by atoms with Crippen molar-refractivity contribution in [1.82, 2.24) is 24.5 Å². The van der Waals surface area contributed by atoms with Gasteiger partial charge in [0.2, 0.25) is 11.6 Å². The molecule has 0 unspecified atom stereocenters. The number of halogens is 8. The second kappa shape index (κ2) is 45.0. The number of hydrogen-bond acceptors (Lipinski definition) is 22. The summed E-state index contributed by atoms with van der Waals surface area (Å²) in [5.41, 5.74) is 15.2. The van der Waals surface area contributed by atoms with Crippen molar-refractivity contribution in [2.45, 2.75) is 39.5 Å². The average molecular weight is 2220 g/mol. The van der Waals surface area contributed by atoms with Gasteiger partial charge in [0.1, 0.15) is 11.5 Å². The van der Waals surface area contributed by atoms with Crippen LogP contribution in [0, 0.1) is 0 Å². The Balaban J connectivity index is 0.000000163. The van der Waals surface area contributed by atoms with E-state index in [-0.39, 0.29) is 23.6 Å². The number of benzene rings is 12. The molecule has 6 aliphatic rings. The molecule has 0 bridgehead atoms. The monoisotopic (exact) mass is 2220 g/mol. The van der Waals surface area contributed by atoms with Gasteiger partial charge in [-0.3, -0.25) is 49.1 Å². The van der Waals surface area contributed by atoms with Crippen LogP contribution in [-0.2, 0) is 55.8 Å². The van der Waals surface area contributed by atoms with E-state index in [1.165, 1.54) is 88.2 Å². The molecule has 4 amide bonds. The van der Waals surface area contributed by atoms with Crippen molar-refractivity contribution in [1.29, 1.82) is 0 Å². The Morgan fingerprint density at radius 2 is 0.656 bits per heavy atom. The molecular weight excluding hydrogens is 2150 g/mol. The number of ketones is 2. The number of carbonyl (C=O) groups is 8. The zero-order chi connectivity index (χ0) is 89.4. The first-order chi connectivity index (χ1) is 58.2. The van der Waals surface area contributed by atoms with E-state index in [0.29, 0.717) is 112 Å². The van der Waals surface area contributed by atoms with Crippen LogP contribution in [0.3, 0.4) is 0 Å². The summed E-state index contributed by atoms with van der Waals surface area (Å²) < 4.78 is 52.0. The second-order valence-electron chi connectivity index (χ2n) is 28.1. The van der Waals surface area contributed by atoms with Crippen molar-refractivity contribution in [2.24, 2.45) is 10.0 Å². The zero-order valence-electron chi connectivity index (χ0n) is 66.8. The fourth-order valence-electron chi connectivity index (χ4n) is 14.6. The van der Waals surface area contributed by atoms with Crippen LogP contribution in [0.1, 0.15) is 119 Å². The number of carbonyl (C=O) groups excluding carboxylic acids is 8. The van der Waals surface area contributed by atoms with Crippen LogP contribution < -0.4 is 15.2 Å². The number of esters is 2. The van der Waals surface area contributed by atoms with Crippen LogP contribution in [-0.4, -0.2) is 185 Å². The fraction of sp³-hybridized carbons (Fsp3) is 0.227. The molecule has 633 valence electrons. The molecule has 4 N–H and O–H groups in total. The van der Waals surface area contributed by atoms with E-state index in [9.17, 15) is 38.4 Å². The van der Waals surface area contributed by atoms with E-state index in [4.69, 9.17) is 37.1 Å². The summed E-state index contributed by atoms with van der Waals surface area (Å²) >= 11 is 27.3. The molecule has 0 saturated heterocycles. The van der Waals surface area contributed by atoms with Gasteiger partial charge >= 0.3 is 62.1 Å². The Kier molecular flexibility index (Phi) is 36.1. The number of Topliss-reactive ketones (excluding diaryl/α,β-unsaturated/α-hetero) is 2. The fourth-order valence-corrected chi connectivity index (χ4v) is 20.0. The minimum absolute atomic E-state index is 0.227. The first-order valence-electron chi connectivity index (χ1n) is 37.4. The summed E-state index contributed by atoms with van der Waals surface area (Å²) in [5, 5.41) is 23.7. The first kappa shape index (κ1) is 98.1. The number of aryl methyl sites for hydroxylation is 4. The second-order valence-corrected chi connectivity index (χ2v) is 35.8. The summed E-state index contributed by atoms with van der Waals surface area (Å²) in [6.07, 6.45) is 4.85. The van der Waals surface area contributed by atoms with Crippen LogP contribution in [0.25, 0.3) is 64.6 Å². The van der Waals surface area contributed by atoms with Gasteiger partial charge in [0.05, 0.1) is 29.7 Å². The number of imide groups is 2. The number of cyclic esters (lactones) is 2. The van der Waals surface area contributed by atoms with E-state index in [0.717, 1.165) is 66.9 Å². The Labute approximate surface area is 780 Å². The number of likely N-dealkylation sites (N-methyl/N-ethyl adjacent to an activating group) is 3. The Hall–Kier alpha value is -7.69. The quantitative estimate of drug-likeness (QED) is 0.0129. The summed E-state index contributed by atoms with van der Waals surface area (Å²) in [4.78, 5) is 107. The number of nitrogens with zero attached hydrogens (tertiary/aromatic N) is 6. The number of hydrogen-bond donors (Lipinski definition) is 4. The minimum Gasteiger partial charge on any atom is -0.0614 e. The number of nitrogens with two attached hydrogens (primary N) is 1. The van der Waals surface area contributed by atoms with Crippen LogP contribution in [0.5, 0.6) is 11.5 Å². The largest absolute Gasteiger partial charge is 0.0614 e. The van der Waals surface area contributed by atoms with Crippen molar-refractivity contribution in [2.75, 3.05) is 94.8 Å². The van der Waals surface area contributed by atoms with Gasteiger partial charge in [-0.25, -0.2) is 9.59 Å². The van der Waals surface area contributed by atoms with Crippen LogP contribution in [0.15, 0.2) is 198 Å². The zero-order valence-corrected chi connectivity index (χ0v) is 81.7. The van der Waals surface area contributed by atoms with E-state index < -0.39 is 37.5 Å².